The van der Waals surface area contributed by atoms with Crippen molar-refractivity contribution in [2.75, 3.05) is 44.4 Å². The van der Waals surface area contributed by atoms with Crippen LogP contribution in [0.3, 0.4) is 0 Å². The molecule has 5 rings (SSSR count). The molecular formula is C27H32N4O5S. The molecule has 0 amide bonds. The van der Waals surface area contributed by atoms with Gasteiger partial charge in [0, 0.05) is 43.3 Å². The Kier molecular flexibility index (Phi) is 7.71. The van der Waals surface area contributed by atoms with Crippen molar-refractivity contribution in [3.05, 3.63) is 60.4 Å². The topological polar surface area (TPSA) is 95.8 Å². The van der Waals surface area contributed by atoms with E-state index in [1.54, 1.807) is 24.3 Å². The SMILES string of the molecule is Cc1ccc(S(=O)(=O)OCCOCCOC2CCN(c3ccc4c5cnccc5n(C)c4n3)CC2)cc1. The van der Waals surface area contributed by atoms with Crippen molar-refractivity contribution in [3.8, 4) is 0 Å². The lowest BCUT2D eigenvalue weighted by atomic mass is 10.1. The largest absolute Gasteiger partial charge is 0.377 e. The second-order valence-corrected chi connectivity index (χ2v) is 10.9. The normalized spacial score (nSPS) is 15.1. The van der Waals surface area contributed by atoms with E-state index in [1.807, 2.05) is 32.4 Å². The molecule has 9 nitrogen and oxygen atoms in total. The number of benzene rings is 1. The zero-order valence-electron chi connectivity index (χ0n) is 21.2. The summed E-state index contributed by atoms with van der Waals surface area (Å²) in [6.45, 7) is 4.66. The van der Waals surface area contributed by atoms with E-state index in [2.05, 4.69) is 26.6 Å². The van der Waals surface area contributed by atoms with Crippen LogP contribution in [0.25, 0.3) is 21.9 Å². The molecule has 1 fully saturated rings. The van der Waals surface area contributed by atoms with E-state index < -0.39 is 10.1 Å². The van der Waals surface area contributed by atoms with Crippen molar-refractivity contribution < 1.29 is 22.1 Å². The minimum atomic E-state index is -3.76. The number of hydrogen-bond donors (Lipinski definition) is 0. The van der Waals surface area contributed by atoms with E-state index in [0.717, 1.165) is 59.2 Å². The van der Waals surface area contributed by atoms with Crippen molar-refractivity contribution in [2.45, 2.75) is 30.8 Å². The van der Waals surface area contributed by atoms with Gasteiger partial charge in [0.2, 0.25) is 0 Å². The van der Waals surface area contributed by atoms with Crippen LogP contribution in [-0.4, -0.2) is 68.6 Å². The van der Waals surface area contributed by atoms with Crippen LogP contribution in [0, 0.1) is 6.92 Å². The lowest BCUT2D eigenvalue weighted by Gasteiger charge is -2.32. The summed E-state index contributed by atoms with van der Waals surface area (Å²) >= 11 is 0. The smallest absolute Gasteiger partial charge is 0.297 e. The van der Waals surface area contributed by atoms with Crippen LogP contribution in [0.1, 0.15) is 18.4 Å². The minimum Gasteiger partial charge on any atom is -0.377 e. The van der Waals surface area contributed by atoms with Crippen molar-refractivity contribution in [1.29, 1.82) is 0 Å². The number of fused-ring (bicyclic) bond motifs is 3. The van der Waals surface area contributed by atoms with Crippen LogP contribution in [-0.2, 0) is 30.8 Å². The first-order valence-electron chi connectivity index (χ1n) is 12.5. The Balaban J connectivity index is 1.02. The van der Waals surface area contributed by atoms with Gasteiger partial charge in [-0.25, -0.2) is 4.98 Å². The average Bonchev–Trinajstić information content (AvgIpc) is 3.20. The number of ether oxygens (including phenoxy) is 2. The van der Waals surface area contributed by atoms with Gasteiger partial charge in [0.1, 0.15) is 11.5 Å². The lowest BCUT2D eigenvalue weighted by molar-refractivity contribution is -0.00895. The Labute approximate surface area is 217 Å². The average molecular weight is 525 g/mol. The molecular weight excluding hydrogens is 492 g/mol. The van der Waals surface area contributed by atoms with Gasteiger partial charge in [-0.1, -0.05) is 17.7 Å². The van der Waals surface area contributed by atoms with Gasteiger partial charge in [0.25, 0.3) is 10.1 Å². The highest BCUT2D eigenvalue weighted by Crippen LogP contribution is 2.29. The summed E-state index contributed by atoms with van der Waals surface area (Å²) in [6, 6.07) is 12.8. The molecule has 4 aromatic rings. The van der Waals surface area contributed by atoms with Crippen LogP contribution in [0.5, 0.6) is 0 Å². The van der Waals surface area contributed by atoms with Gasteiger partial charge < -0.3 is 18.9 Å². The molecule has 0 aliphatic carbocycles. The number of rotatable bonds is 10. The lowest BCUT2D eigenvalue weighted by Crippen LogP contribution is -2.37. The molecule has 1 saturated heterocycles. The number of piperidine rings is 1. The Hall–Kier alpha value is -3.05. The first-order chi connectivity index (χ1) is 17.9. The van der Waals surface area contributed by atoms with Gasteiger partial charge in [0.05, 0.1) is 42.9 Å². The van der Waals surface area contributed by atoms with E-state index in [9.17, 15) is 8.42 Å². The summed E-state index contributed by atoms with van der Waals surface area (Å²) in [5.74, 6) is 0.980. The Morgan fingerprint density at radius 2 is 1.70 bits per heavy atom. The Morgan fingerprint density at radius 3 is 2.49 bits per heavy atom. The van der Waals surface area contributed by atoms with E-state index in [0.29, 0.717) is 13.2 Å². The highest BCUT2D eigenvalue weighted by atomic mass is 32.2. The number of nitrogens with zero attached hydrogens (tertiary/aromatic N) is 4. The molecule has 0 unspecified atom stereocenters. The van der Waals surface area contributed by atoms with Gasteiger partial charge in [-0.2, -0.15) is 8.42 Å². The number of aryl methyl sites for hydroxylation is 2. The minimum absolute atomic E-state index is 0.0286. The monoisotopic (exact) mass is 524 g/mol. The summed E-state index contributed by atoms with van der Waals surface area (Å²) in [5.41, 5.74) is 3.08. The van der Waals surface area contributed by atoms with Crippen LogP contribution >= 0.6 is 0 Å². The molecule has 0 bridgehead atoms. The summed E-state index contributed by atoms with van der Waals surface area (Å²) < 4.78 is 43.0. The third-order valence-electron chi connectivity index (χ3n) is 6.75. The predicted molar refractivity (Wildman–Crippen MR) is 142 cm³/mol. The third kappa shape index (κ3) is 5.77. The molecule has 0 N–H and O–H groups in total. The van der Waals surface area contributed by atoms with E-state index in [4.69, 9.17) is 18.6 Å². The number of aromatic nitrogens is 3. The van der Waals surface area contributed by atoms with Crippen molar-refractivity contribution in [2.24, 2.45) is 7.05 Å². The molecule has 3 aromatic heterocycles. The standard InChI is InChI=1S/C27H32N4O5S/c1-20-3-5-22(6-4-20)37(32,33)36-18-16-34-15-17-35-21-10-13-31(14-11-21)26-8-7-23-24-19-28-12-9-25(24)30(2)27(23)29-26/h3-9,12,19,21H,10-11,13-18H2,1-2H3. The third-order valence-corrected chi connectivity index (χ3v) is 8.08. The quantitative estimate of drug-likeness (QED) is 0.228. The number of anilines is 1. The van der Waals surface area contributed by atoms with Gasteiger partial charge >= 0.3 is 0 Å². The van der Waals surface area contributed by atoms with E-state index in [-0.39, 0.29) is 24.2 Å². The highest BCUT2D eigenvalue weighted by molar-refractivity contribution is 7.86. The molecule has 1 aromatic carbocycles. The zero-order valence-corrected chi connectivity index (χ0v) is 22.0. The summed E-state index contributed by atoms with van der Waals surface area (Å²) in [5, 5.41) is 2.23. The maximum atomic E-state index is 12.2. The maximum Gasteiger partial charge on any atom is 0.297 e. The maximum absolute atomic E-state index is 12.2. The molecule has 37 heavy (non-hydrogen) atoms. The molecule has 1 aliphatic heterocycles. The summed E-state index contributed by atoms with van der Waals surface area (Å²) in [6.07, 6.45) is 5.70. The number of pyridine rings is 2. The van der Waals surface area contributed by atoms with Crippen molar-refractivity contribution in [3.63, 3.8) is 0 Å². The summed E-state index contributed by atoms with van der Waals surface area (Å²) in [7, 11) is -1.72. The fraction of sp³-hybridized carbons (Fsp3) is 0.407. The highest BCUT2D eigenvalue weighted by Gasteiger charge is 2.22. The molecule has 10 heteroatoms. The molecule has 1 aliphatic rings. The second kappa shape index (κ2) is 11.1. The fourth-order valence-corrected chi connectivity index (χ4v) is 5.58. The molecule has 4 heterocycles. The van der Waals surface area contributed by atoms with Crippen LogP contribution in [0.4, 0.5) is 5.82 Å². The molecule has 196 valence electrons. The van der Waals surface area contributed by atoms with Gasteiger partial charge in [-0.3, -0.25) is 9.17 Å². The summed E-state index contributed by atoms with van der Waals surface area (Å²) in [4.78, 5) is 11.7. The Bertz CT molecular complexity index is 1460. The number of hydrogen-bond acceptors (Lipinski definition) is 8. The first kappa shape index (κ1) is 25.6. The van der Waals surface area contributed by atoms with Crippen LogP contribution in [0.2, 0.25) is 0 Å². The molecule has 0 radical (unpaired) electrons. The van der Waals surface area contributed by atoms with E-state index in [1.165, 1.54) is 0 Å². The molecule has 0 spiro atoms. The zero-order chi connectivity index (χ0) is 25.8. The van der Waals surface area contributed by atoms with E-state index >= 15 is 0 Å². The van der Waals surface area contributed by atoms with Crippen molar-refractivity contribution in [1.82, 2.24) is 14.5 Å². The molecule has 0 atom stereocenters. The Morgan fingerprint density at radius 1 is 0.946 bits per heavy atom. The second-order valence-electron chi connectivity index (χ2n) is 9.25. The van der Waals surface area contributed by atoms with Crippen LogP contribution in [0.15, 0.2) is 59.8 Å². The fourth-order valence-electron chi connectivity index (χ4n) is 4.68. The predicted octanol–water partition coefficient (Wildman–Crippen LogP) is 3.84. The van der Waals surface area contributed by atoms with Crippen LogP contribution < -0.4 is 4.90 Å². The first-order valence-corrected chi connectivity index (χ1v) is 13.9. The van der Waals surface area contributed by atoms with Gasteiger partial charge in [-0.05, 0) is 50.1 Å². The van der Waals surface area contributed by atoms with Gasteiger partial charge in [-0.15, -0.1) is 0 Å². The van der Waals surface area contributed by atoms with Crippen molar-refractivity contribution >= 4 is 37.9 Å². The molecule has 0 saturated carbocycles. The van der Waals surface area contributed by atoms with Gasteiger partial charge in [0.15, 0.2) is 0 Å².